The van der Waals surface area contributed by atoms with Gasteiger partial charge in [0, 0.05) is 31.3 Å². The summed E-state index contributed by atoms with van der Waals surface area (Å²) >= 11 is 0. The number of nitrogens with zero attached hydrogens (tertiary/aromatic N) is 5. The molecule has 4 heterocycles. The number of ether oxygens (including phenoxy) is 1. The van der Waals surface area contributed by atoms with E-state index in [9.17, 15) is 18.0 Å². The number of piperidine rings is 1. The summed E-state index contributed by atoms with van der Waals surface area (Å²) in [5.74, 6) is 1.09. The summed E-state index contributed by atoms with van der Waals surface area (Å²) < 4.78 is 45.5. The standard InChI is InChI=1S/C26H27F3N6O3/c27-26(28,29)18-7-3-6-17(14-18)23-30-15-20-24(33-23)35(19-8-5-11-34(20)16-19)25(37)32-21-9-4-10-22(31-21)38-13-2-1-12-36/h3-4,6-7,9-10,14-15,19,36H,1-2,5,8,11-13,16H2,(H,31,32,37)/t19-/m0/s1. The van der Waals surface area contributed by atoms with Crippen molar-refractivity contribution >= 4 is 23.4 Å². The number of unbranched alkanes of at least 4 members (excludes halogenated alkanes) is 1. The Morgan fingerprint density at radius 3 is 2.82 bits per heavy atom. The molecule has 0 saturated carbocycles. The number of anilines is 3. The molecule has 2 aliphatic rings. The van der Waals surface area contributed by atoms with Gasteiger partial charge in [-0.15, -0.1) is 0 Å². The number of urea groups is 1. The Morgan fingerprint density at radius 2 is 2.00 bits per heavy atom. The minimum Gasteiger partial charge on any atom is -0.478 e. The molecule has 1 saturated heterocycles. The third-order valence-electron chi connectivity index (χ3n) is 6.51. The molecule has 2 aliphatic heterocycles. The molecule has 2 aromatic heterocycles. The van der Waals surface area contributed by atoms with Crippen molar-refractivity contribution in [3.8, 4) is 17.3 Å². The number of rotatable bonds is 7. The molecule has 200 valence electrons. The fourth-order valence-corrected chi connectivity index (χ4v) is 4.68. The molecule has 1 atom stereocenters. The van der Waals surface area contributed by atoms with Crippen LogP contribution < -0.4 is 19.9 Å². The number of aromatic nitrogens is 3. The number of nitrogens with one attached hydrogen (secondary N) is 1. The predicted molar refractivity (Wildman–Crippen MR) is 135 cm³/mol. The molecule has 3 aromatic rings. The van der Waals surface area contributed by atoms with E-state index in [0.29, 0.717) is 49.2 Å². The first kappa shape index (κ1) is 25.7. The van der Waals surface area contributed by atoms with Gasteiger partial charge in [0.2, 0.25) is 5.88 Å². The summed E-state index contributed by atoms with van der Waals surface area (Å²) in [6, 6.07) is 9.25. The molecule has 12 heteroatoms. The highest BCUT2D eigenvalue weighted by molar-refractivity contribution is 6.04. The summed E-state index contributed by atoms with van der Waals surface area (Å²) in [4.78, 5) is 30.5. The zero-order valence-corrected chi connectivity index (χ0v) is 20.5. The Labute approximate surface area is 217 Å². The Hall–Kier alpha value is -3.93. The Morgan fingerprint density at radius 1 is 1.16 bits per heavy atom. The van der Waals surface area contributed by atoms with Gasteiger partial charge in [0.25, 0.3) is 0 Å². The molecule has 2 bridgehead atoms. The largest absolute Gasteiger partial charge is 0.478 e. The first-order valence-electron chi connectivity index (χ1n) is 12.4. The molecule has 2 amide bonds. The number of carbonyl (C=O) groups excluding carboxylic acids is 1. The van der Waals surface area contributed by atoms with E-state index in [1.54, 1.807) is 29.3 Å². The number of aliphatic hydroxyl groups is 1. The van der Waals surface area contributed by atoms with Crippen LogP contribution in [-0.2, 0) is 6.18 Å². The van der Waals surface area contributed by atoms with Crippen molar-refractivity contribution in [2.24, 2.45) is 0 Å². The van der Waals surface area contributed by atoms with E-state index in [1.165, 1.54) is 12.1 Å². The summed E-state index contributed by atoms with van der Waals surface area (Å²) in [5, 5.41) is 11.7. The number of amides is 2. The average molecular weight is 529 g/mol. The number of carbonyl (C=O) groups is 1. The van der Waals surface area contributed by atoms with Crippen LogP contribution in [0.15, 0.2) is 48.7 Å². The topological polar surface area (TPSA) is 104 Å². The molecule has 0 unspecified atom stereocenters. The van der Waals surface area contributed by atoms with Crippen LogP contribution in [0.1, 0.15) is 31.2 Å². The number of alkyl halides is 3. The van der Waals surface area contributed by atoms with Crippen molar-refractivity contribution in [3.05, 3.63) is 54.2 Å². The van der Waals surface area contributed by atoms with Crippen molar-refractivity contribution < 1.29 is 27.8 Å². The lowest BCUT2D eigenvalue weighted by atomic mass is 10.0. The zero-order valence-electron chi connectivity index (χ0n) is 20.5. The molecule has 2 N–H and O–H groups in total. The molecule has 0 spiro atoms. The highest BCUT2D eigenvalue weighted by Gasteiger charge is 2.39. The van der Waals surface area contributed by atoms with Gasteiger partial charge in [-0.3, -0.25) is 10.2 Å². The third kappa shape index (κ3) is 5.49. The van der Waals surface area contributed by atoms with Crippen LogP contribution in [0.2, 0.25) is 0 Å². The molecule has 9 nitrogen and oxygen atoms in total. The fourth-order valence-electron chi connectivity index (χ4n) is 4.68. The van der Waals surface area contributed by atoms with Gasteiger partial charge in [0.15, 0.2) is 11.6 Å². The lowest BCUT2D eigenvalue weighted by molar-refractivity contribution is -0.137. The second-order valence-corrected chi connectivity index (χ2v) is 9.16. The van der Waals surface area contributed by atoms with Gasteiger partial charge >= 0.3 is 12.2 Å². The lowest BCUT2D eigenvalue weighted by Crippen LogP contribution is -2.56. The van der Waals surface area contributed by atoms with Crippen molar-refractivity contribution in [1.29, 1.82) is 0 Å². The minimum absolute atomic E-state index is 0.0851. The fraction of sp³-hybridized carbons (Fsp3) is 0.385. The van der Waals surface area contributed by atoms with Gasteiger partial charge in [-0.1, -0.05) is 18.2 Å². The SMILES string of the molecule is O=C(Nc1cccc(OCCCCO)n1)N1c2nc(-c3cccc(C(F)(F)F)c3)ncc2N2CCC[C@H]1C2. The van der Waals surface area contributed by atoms with E-state index in [0.717, 1.165) is 31.5 Å². The van der Waals surface area contributed by atoms with Crippen LogP contribution in [0.25, 0.3) is 11.4 Å². The third-order valence-corrected chi connectivity index (χ3v) is 6.51. The van der Waals surface area contributed by atoms with E-state index in [4.69, 9.17) is 9.84 Å². The van der Waals surface area contributed by atoms with E-state index >= 15 is 0 Å². The number of hydrogen-bond acceptors (Lipinski definition) is 7. The second-order valence-electron chi connectivity index (χ2n) is 9.16. The number of halogens is 3. The number of benzene rings is 1. The number of aliphatic hydroxyl groups excluding tert-OH is 1. The monoisotopic (exact) mass is 528 g/mol. The summed E-state index contributed by atoms with van der Waals surface area (Å²) in [6.45, 7) is 1.86. The van der Waals surface area contributed by atoms with Crippen molar-refractivity contribution in [3.63, 3.8) is 0 Å². The maximum atomic E-state index is 13.6. The summed E-state index contributed by atoms with van der Waals surface area (Å²) in [5.41, 5.74) is 0.0678. The lowest BCUT2D eigenvalue weighted by Gasteiger charge is -2.45. The quantitative estimate of drug-likeness (QED) is 0.428. The highest BCUT2D eigenvalue weighted by Crippen LogP contribution is 2.39. The second kappa shape index (κ2) is 10.8. The van der Waals surface area contributed by atoms with Crippen molar-refractivity contribution in [2.75, 3.05) is 41.4 Å². The van der Waals surface area contributed by atoms with E-state index in [2.05, 4.69) is 25.2 Å². The van der Waals surface area contributed by atoms with Crippen LogP contribution in [-0.4, -0.2) is 58.4 Å². The van der Waals surface area contributed by atoms with Gasteiger partial charge in [-0.2, -0.15) is 18.2 Å². The zero-order chi connectivity index (χ0) is 26.7. The Kier molecular flexibility index (Phi) is 7.32. The normalized spacial score (nSPS) is 16.7. The molecule has 0 radical (unpaired) electrons. The molecule has 1 aromatic carbocycles. The predicted octanol–water partition coefficient (Wildman–Crippen LogP) is 4.73. The van der Waals surface area contributed by atoms with Gasteiger partial charge in [-0.25, -0.2) is 14.8 Å². The number of fused-ring (bicyclic) bond motifs is 4. The Bertz CT molecular complexity index is 1310. The van der Waals surface area contributed by atoms with Gasteiger partial charge < -0.3 is 14.7 Å². The average Bonchev–Trinajstić information content (AvgIpc) is 2.91. The van der Waals surface area contributed by atoms with E-state index in [-0.39, 0.29) is 24.0 Å². The van der Waals surface area contributed by atoms with Crippen LogP contribution in [0.3, 0.4) is 0 Å². The molecule has 38 heavy (non-hydrogen) atoms. The van der Waals surface area contributed by atoms with Crippen molar-refractivity contribution in [1.82, 2.24) is 15.0 Å². The summed E-state index contributed by atoms with van der Waals surface area (Å²) in [6.07, 6.45) is -0.00681. The molecular weight excluding hydrogens is 501 g/mol. The molecular formula is C26H27F3N6O3. The van der Waals surface area contributed by atoms with E-state index < -0.39 is 17.8 Å². The smallest absolute Gasteiger partial charge is 0.416 e. The minimum atomic E-state index is -4.50. The van der Waals surface area contributed by atoms with Gasteiger partial charge in [0.05, 0.1) is 30.1 Å². The maximum absolute atomic E-state index is 13.6. The molecule has 0 aliphatic carbocycles. The summed E-state index contributed by atoms with van der Waals surface area (Å²) in [7, 11) is 0. The van der Waals surface area contributed by atoms with Crippen LogP contribution in [0, 0.1) is 0 Å². The van der Waals surface area contributed by atoms with Gasteiger partial charge in [0.1, 0.15) is 5.82 Å². The van der Waals surface area contributed by atoms with Crippen LogP contribution >= 0.6 is 0 Å². The van der Waals surface area contributed by atoms with Crippen molar-refractivity contribution in [2.45, 2.75) is 37.9 Å². The Balaban J connectivity index is 1.43. The van der Waals surface area contributed by atoms with Crippen LogP contribution in [0.5, 0.6) is 5.88 Å². The maximum Gasteiger partial charge on any atom is 0.416 e. The molecule has 1 fully saturated rings. The first-order valence-corrected chi connectivity index (χ1v) is 12.4. The van der Waals surface area contributed by atoms with E-state index in [1.807, 2.05) is 0 Å². The van der Waals surface area contributed by atoms with Gasteiger partial charge in [-0.05, 0) is 43.9 Å². The number of hydrogen-bond donors (Lipinski definition) is 2. The van der Waals surface area contributed by atoms with Crippen LogP contribution in [0.4, 0.5) is 35.3 Å². The first-order chi connectivity index (χ1) is 18.3. The molecule has 5 rings (SSSR count). The number of pyridine rings is 1. The highest BCUT2D eigenvalue weighted by atomic mass is 19.4.